The maximum Gasteiger partial charge on any atom is 0.416 e. The van der Waals surface area contributed by atoms with E-state index in [1.165, 1.54) is 27.5 Å². The average molecular weight is 410 g/mol. The third-order valence-corrected chi connectivity index (χ3v) is 6.29. The molecule has 0 aliphatic carbocycles. The molecule has 0 aliphatic heterocycles. The Balaban J connectivity index is 2.11. The van der Waals surface area contributed by atoms with Gasteiger partial charge in [-0.3, -0.25) is 9.36 Å². The number of fused-ring (bicyclic) bond motifs is 1. The molecule has 0 amide bonds. The highest BCUT2D eigenvalue weighted by molar-refractivity contribution is 8.76. The van der Waals surface area contributed by atoms with Crippen LogP contribution in [0.5, 0.6) is 0 Å². The molecule has 3 rings (SSSR count). The van der Waals surface area contributed by atoms with E-state index in [1.807, 2.05) is 0 Å². The van der Waals surface area contributed by atoms with Crippen molar-refractivity contribution >= 4 is 32.5 Å². The first-order chi connectivity index (χ1) is 12.8. The molecule has 8 heteroatoms. The van der Waals surface area contributed by atoms with Crippen LogP contribution in [0, 0.1) is 5.92 Å². The minimum absolute atomic E-state index is 0.298. The Bertz CT molecular complexity index is 998. The van der Waals surface area contributed by atoms with Gasteiger partial charge in [-0.25, -0.2) is 4.98 Å². The first kappa shape index (κ1) is 19.8. The highest BCUT2D eigenvalue weighted by atomic mass is 33.1. The number of nitrogens with zero attached hydrogens (tertiary/aromatic N) is 2. The molecule has 0 atom stereocenters. The molecule has 0 radical (unpaired) electrons. The highest BCUT2D eigenvalue weighted by Gasteiger charge is 2.30. The SMILES string of the molecule is CC(C)CSSc1nc2ccccc2c(=O)n1-c1ccc(C(F)(F)F)cc1. The normalized spacial score (nSPS) is 12.1. The van der Waals surface area contributed by atoms with Crippen LogP contribution in [0.15, 0.2) is 58.5 Å². The van der Waals surface area contributed by atoms with E-state index in [4.69, 9.17) is 0 Å². The Morgan fingerprint density at radius 3 is 2.37 bits per heavy atom. The van der Waals surface area contributed by atoms with Crippen molar-refractivity contribution < 1.29 is 13.2 Å². The van der Waals surface area contributed by atoms with E-state index in [0.29, 0.717) is 27.7 Å². The summed E-state index contributed by atoms with van der Waals surface area (Å²) in [5.41, 5.74) is -0.123. The lowest BCUT2D eigenvalue weighted by molar-refractivity contribution is -0.137. The molecule has 27 heavy (non-hydrogen) atoms. The first-order valence-corrected chi connectivity index (χ1v) is 10.6. The molecule has 0 fully saturated rings. The van der Waals surface area contributed by atoms with Crippen LogP contribution in [-0.2, 0) is 6.18 Å². The van der Waals surface area contributed by atoms with Crippen LogP contribution in [0.4, 0.5) is 13.2 Å². The van der Waals surface area contributed by atoms with Gasteiger partial charge in [-0.05, 0) is 53.1 Å². The maximum atomic E-state index is 13.0. The van der Waals surface area contributed by atoms with Gasteiger partial charge in [0.15, 0.2) is 5.16 Å². The number of rotatable bonds is 5. The molecule has 3 aromatic rings. The van der Waals surface area contributed by atoms with Crippen molar-refractivity contribution in [3.05, 3.63) is 64.4 Å². The van der Waals surface area contributed by atoms with Crippen molar-refractivity contribution in [2.75, 3.05) is 5.75 Å². The zero-order chi connectivity index (χ0) is 19.6. The quantitative estimate of drug-likeness (QED) is 0.393. The Hall–Kier alpha value is -1.93. The molecule has 0 aliphatic rings. The summed E-state index contributed by atoms with van der Waals surface area (Å²) >= 11 is 0. The van der Waals surface area contributed by atoms with Crippen LogP contribution in [-0.4, -0.2) is 15.3 Å². The van der Waals surface area contributed by atoms with Crippen molar-refractivity contribution in [2.24, 2.45) is 5.92 Å². The summed E-state index contributed by atoms with van der Waals surface area (Å²) in [5, 5.41) is 0.875. The third kappa shape index (κ3) is 4.50. The predicted molar refractivity (Wildman–Crippen MR) is 105 cm³/mol. The molecule has 0 bridgehead atoms. The molecule has 3 nitrogen and oxygen atoms in total. The highest BCUT2D eigenvalue weighted by Crippen LogP contribution is 2.34. The standard InChI is InChI=1S/C19H17F3N2OS2/c1-12(2)11-26-27-18-23-16-6-4-3-5-15(16)17(25)24(18)14-9-7-13(8-10-14)19(20,21)22/h3-10,12H,11H2,1-2H3. The fraction of sp³-hybridized carbons (Fsp3) is 0.263. The van der Waals surface area contributed by atoms with Crippen LogP contribution in [0.2, 0.25) is 0 Å². The van der Waals surface area contributed by atoms with E-state index in [-0.39, 0.29) is 5.56 Å². The average Bonchev–Trinajstić information content (AvgIpc) is 2.61. The number of hydrogen-bond donors (Lipinski definition) is 0. The molecular weight excluding hydrogens is 393 g/mol. The fourth-order valence-electron chi connectivity index (χ4n) is 2.42. The summed E-state index contributed by atoms with van der Waals surface area (Å²) in [6, 6.07) is 11.5. The molecule has 1 aromatic heterocycles. The van der Waals surface area contributed by atoms with Gasteiger partial charge in [-0.15, -0.1) is 0 Å². The van der Waals surface area contributed by atoms with Crippen LogP contribution < -0.4 is 5.56 Å². The van der Waals surface area contributed by atoms with E-state index in [1.54, 1.807) is 35.1 Å². The second kappa shape index (κ2) is 7.98. The Morgan fingerprint density at radius 2 is 1.74 bits per heavy atom. The smallest absolute Gasteiger partial charge is 0.268 e. The topological polar surface area (TPSA) is 34.9 Å². The van der Waals surface area contributed by atoms with Crippen molar-refractivity contribution in [3.63, 3.8) is 0 Å². The van der Waals surface area contributed by atoms with E-state index in [9.17, 15) is 18.0 Å². The Morgan fingerprint density at radius 1 is 1.07 bits per heavy atom. The summed E-state index contributed by atoms with van der Waals surface area (Å²) < 4.78 is 39.9. The fourth-order valence-corrected chi connectivity index (χ4v) is 4.93. The molecule has 2 aromatic carbocycles. The van der Waals surface area contributed by atoms with Gasteiger partial charge in [0, 0.05) is 5.75 Å². The molecule has 142 valence electrons. The zero-order valence-corrected chi connectivity index (χ0v) is 16.3. The van der Waals surface area contributed by atoms with Gasteiger partial charge < -0.3 is 0 Å². The van der Waals surface area contributed by atoms with Crippen molar-refractivity contribution in [1.29, 1.82) is 0 Å². The summed E-state index contributed by atoms with van der Waals surface area (Å²) in [4.78, 5) is 17.6. The van der Waals surface area contributed by atoms with E-state index >= 15 is 0 Å². The van der Waals surface area contributed by atoms with Gasteiger partial charge in [-0.2, -0.15) is 13.2 Å². The number of para-hydroxylation sites is 1. The Labute approximate surface area is 162 Å². The van der Waals surface area contributed by atoms with Gasteiger partial charge in [0.25, 0.3) is 5.56 Å². The van der Waals surface area contributed by atoms with Crippen LogP contribution in [0.25, 0.3) is 16.6 Å². The largest absolute Gasteiger partial charge is 0.416 e. The second-order valence-corrected chi connectivity index (χ2v) is 8.67. The van der Waals surface area contributed by atoms with E-state index in [0.717, 1.165) is 17.9 Å². The van der Waals surface area contributed by atoms with E-state index < -0.39 is 11.7 Å². The number of aromatic nitrogens is 2. The summed E-state index contributed by atoms with van der Waals surface area (Å²) in [5.74, 6) is 1.33. The minimum Gasteiger partial charge on any atom is -0.268 e. The molecule has 0 saturated carbocycles. The first-order valence-electron chi connectivity index (χ1n) is 8.26. The monoisotopic (exact) mass is 410 g/mol. The Kier molecular flexibility index (Phi) is 5.86. The predicted octanol–water partition coefficient (Wildman–Crippen LogP) is 5.80. The van der Waals surface area contributed by atoms with Crippen LogP contribution in [0.1, 0.15) is 19.4 Å². The lowest BCUT2D eigenvalue weighted by Gasteiger charge is -2.14. The summed E-state index contributed by atoms with van der Waals surface area (Å²) in [6.45, 7) is 4.18. The van der Waals surface area contributed by atoms with E-state index in [2.05, 4.69) is 18.8 Å². The number of hydrogen-bond acceptors (Lipinski definition) is 4. The zero-order valence-electron chi connectivity index (χ0n) is 14.7. The lowest BCUT2D eigenvalue weighted by Crippen LogP contribution is -2.21. The van der Waals surface area contributed by atoms with Gasteiger partial charge in [0.2, 0.25) is 0 Å². The van der Waals surface area contributed by atoms with Gasteiger partial charge in [0.1, 0.15) is 0 Å². The van der Waals surface area contributed by atoms with Gasteiger partial charge >= 0.3 is 6.18 Å². The van der Waals surface area contributed by atoms with Crippen molar-refractivity contribution in [2.45, 2.75) is 25.2 Å². The molecular formula is C19H17F3N2OS2. The van der Waals surface area contributed by atoms with Crippen molar-refractivity contribution in [3.8, 4) is 5.69 Å². The molecule has 0 saturated heterocycles. The molecule has 0 N–H and O–H groups in total. The minimum atomic E-state index is -4.42. The number of benzene rings is 2. The number of halogens is 3. The summed E-state index contributed by atoms with van der Waals surface area (Å²) in [6.07, 6.45) is -4.42. The lowest BCUT2D eigenvalue weighted by atomic mass is 10.2. The van der Waals surface area contributed by atoms with Gasteiger partial charge in [-0.1, -0.05) is 36.8 Å². The molecule has 0 spiro atoms. The maximum absolute atomic E-state index is 13.0. The van der Waals surface area contributed by atoms with Crippen molar-refractivity contribution in [1.82, 2.24) is 9.55 Å². The number of alkyl halides is 3. The van der Waals surface area contributed by atoms with Gasteiger partial charge in [0.05, 0.1) is 22.2 Å². The molecule has 0 unspecified atom stereocenters. The van der Waals surface area contributed by atoms with Crippen LogP contribution >= 0.6 is 21.6 Å². The second-order valence-electron chi connectivity index (χ2n) is 6.36. The summed E-state index contributed by atoms with van der Waals surface area (Å²) in [7, 11) is 2.92. The van der Waals surface area contributed by atoms with Crippen LogP contribution in [0.3, 0.4) is 0 Å². The molecule has 1 heterocycles. The third-order valence-electron chi connectivity index (χ3n) is 3.73.